The first kappa shape index (κ1) is 21.2. The number of aryl methyl sites for hydroxylation is 1. The monoisotopic (exact) mass is 432 g/mol. The average Bonchev–Trinajstić information content (AvgIpc) is 2.71. The molecule has 1 saturated heterocycles. The lowest BCUT2D eigenvalue weighted by atomic mass is 9.82. The number of hydrogen-bond acceptors (Lipinski definition) is 10. The lowest BCUT2D eigenvalue weighted by molar-refractivity contribution is -0.277. The van der Waals surface area contributed by atoms with Crippen LogP contribution in [0.2, 0.25) is 0 Å². The van der Waals surface area contributed by atoms with E-state index in [1.165, 1.54) is 12.1 Å². The van der Waals surface area contributed by atoms with E-state index >= 15 is 0 Å². The molecule has 10 nitrogen and oxygen atoms in total. The van der Waals surface area contributed by atoms with E-state index in [4.69, 9.17) is 9.47 Å². The smallest absolute Gasteiger partial charge is 0.229 e. The Kier molecular flexibility index (Phi) is 5.20. The van der Waals surface area contributed by atoms with Crippen LogP contribution in [0.5, 0.6) is 17.2 Å². The van der Waals surface area contributed by atoms with Gasteiger partial charge in [0.05, 0.1) is 17.7 Å². The summed E-state index contributed by atoms with van der Waals surface area (Å²) in [5.41, 5.74) is -0.154. The molecule has 1 aliphatic heterocycles. The number of phenolic OH excluding ortho intramolecular Hbond substituents is 2. The third-order valence-corrected chi connectivity index (χ3v) is 5.38. The Labute approximate surface area is 175 Å². The van der Waals surface area contributed by atoms with E-state index in [9.17, 15) is 40.2 Å². The summed E-state index contributed by atoms with van der Waals surface area (Å²) in [5.74, 6) is -2.53. The molecule has 10 heteroatoms. The van der Waals surface area contributed by atoms with Crippen molar-refractivity contribution < 1.29 is 49.7 Å². The van der Waals surface area contributed by atoms with Gasteiger partial charge < -0.3 is 40.1 Å². The van der Waals surface area contributed by atoms with Crippen LogP contribution in [0.1, 0.15) is 37.4 Å². The number of phenols is 2. The molecule has 1 fully saturated rings. The largest absolute Gasteiger partial charge is 0.508 e. The molecular formula is C21H20O10. The van der Waals surface area contributed by atoms with Gasteiger partial charge in [-0.25, -0.2) is 0 Å². The molecule has 0 radical (unpaired) electrons. The van der Waals surface area contributed by atoms with Gasteiger partial charge in [-0.3, -0.25) is 9.59 Å². The van der Waals surface area contributed by atoms with E-state index in [1.807, 2.05) is 0 Å². The van der Waals surface area contributed by atoms with Crippen LogP contribution in [0.4, 0.5) is 0 Å². The Hall–Kier alpha value is -3.02. The Morgan fingerprint density at radius 3 is 2.26 bits per heavy atom. The van der Waals surface area contributed by atoms with E-state index in [0.717, 1.165) is 12.1 Å². The second-order valence-electron chi connectivity index (χ2n) is 7.55. The van der Waals surface area contributed by atoms with Crippen molar-refractivity contribution >= 4 is 11.6 Å². The Balaban J connectivity index is 1.79. The number of benzene rings is 2. The summed E-state index contributed by atoms with van der Waals surface area (Å²) < 4.78 is 10.8. The van der Waals surface area contributed by atoms with Crippen molar-refractivity contribution in [3.8, 4) is 17.2 Å². The molecule has 0 unspecified atom stereocenters. The van der Waals surface area contributed by atoms with Gasteiger partial charge in [0, 0.05) is 17.2 Å². The molecular weight excluding hydrogens is 412 g/mol. The standard InChI is InChI=1S/C21H20O10/c1-7-2-9-14(11(24)3-7)18(27)15-10(16(9)25)4-8(23)5-12(15)30-21-20(29)19(28)17(26)13(6-22)31-21/h2-5,13,17,19-24,26,28-29H,6H2,1H3/t13-,17-,19+,20+,21-/m1/s1. The SMILES string of the molecule is Cc1cc(O)c2c(c1)C(=O)c1cc(O)cc(O[C@@H]3O[C@H](CO)[C@@H](O)[C@H](O)[C@@H]3O)c1C2=O. The van der Waals surface area contributed by atoms with E-state index < -0.39 is 60.4 Å². The number of fused-ring (bicyclic) bond motifs is 2. The fourth-order valence-corrected chi connectivity index (χ4v) is 3.85. The van der Waals surface area contributed by atoms with Gasteiger partial charge in [0.1, 0.15) is 41.7 Å². The van der Waals surface area contributed by atoms with Gasteiger partial charge in [-0.2, -0.15) is 0 Å². The maximum absolute atomic E-state index is 13.2. The van der Waals surface area contributed by atoms with Crippen LogP contribution in [0, 0.1) is 6.92 Å². The van der Waals surface area contributed by atoms with Crippen LogP contribution < -0.4 is 4.74 Å². The molecule has 0 amide bonds. The Bertz CT molecular complexity index is 1080. The summed E-state index contributed by atoms with van der Waals surface area (Å²) in [6, 6.07) is 4.87. The van der Waals surface area contributed by atoms with Crippen LogP contribution in [-0.2, 0) is 4.74 Å². The van der Waals surface area contributed by atoms with Gasteiger partial charge in [0.25, 0.3) is 0 Å². The molecule has 1 aliphatic carbocycles. The highest BCUT2D eigenvalue weighted by atomic mass is 16.7. The van der Waals surface area contributed by atoms with Crippen LogP contribution in [0.3, 0.4) is 0 Å². The maximum Gasteiger partial charge on any atom is 0.229 e. The normalized spacial score (nSPS) is 27.6. The number of carbonyl (C=O) groups excluding carboxylic acids is 2. The molecule has 164 valence electrons. The van der Waals surface area contributed by atoms with E-state index in [-0.39, 0.29) is 28.0 Å². The van der Waals surface area contributed by atoms with Gasteiger partial charge in [0.15, 0.2) is 5.78 Å². The zero-order chi connectivity index (χ0) is 22.6. The highest BCUT2D eigenvalue weighted by Crippen LogP contribution is 2.40. The number of aromatic hydroxyl groups is 2. The number of ether oxygens (including phenoxy) is 2. The minimum atomic E-state index is -1.77. The van der Waals surface area contributed by atoms with Crippen molar-refractivity contribution in [1.29, 1.82) is 0 Å². The lowest BCUT2D eigenvalue weighted by Gasteiger charge is -2.39. The van der Waals surface area contributed by atoms with Crippen LogP contribution >= 0.6 is 0 Å². The van der Waals surface area contributed by atoms with Crippen LogP contribution in [-0.4, -0.2) is 79.5 Å². The predicted octanol–water partition coefficient (Wildman–Crippen LogP) is -0.640. The summed E-state index contributed by atoms with van der Waals surface area (Å²) in [7, 11) is 0. The topological polar surface area (TPSA) is 174 Å². The fraction of sp³-hybridized carbons (Fsp3) is 0.333. The number of aliphatic hydroxyl groups excluding tert-OH is 4. The van der Waals surface area contributed by atoms with Gasteiger partial charge in [-0.1, -0.05) is 0 Å². The first-order chi connectivity index (χ1) is 14.6. The van der Waals surface area contributed by atoms with E-state index in [2.05, 4.69) is 0 Å². The molecule has 5 atom stereocenters. The minimum Gasteiger partial charge on any atom is -0.508 e. The zero-order valence-corrected chi connectivity index (χ0v) is 16.2. The fourth-order valence-electron chi connectivity index (χ4n) is 3.85. The van der Waals surface area contributed by atoms with Gasteiger partial charge in [0.2, 0.25) is 12.1 Å². The Morgan fingerprint density at radius 2 is 1.58 bits per heavy atom. The first-order valence-corrected chi connectivity index (χ1v) is 9.41. The van der Waals surface area contributed by atoms with E-state index in [0.29, 0.717) is 5.56 Å². The summed E-state index contributed by atoms with van der Waals surface area (Å²) in [5, 5.41) is 59.8. The number of hydrogen-bond donors (Lipinski definition) is 6. The lowest BCUT2D eigenvalue weighted by Crippen LogP contribution is -2.60. The zero-order valence-electron chi connectivity index (χ0n) is 16.2. The van der Waals surface area contributed by atoms with Crippen molar-refractivity contribution in [3.63, 3.8) is 0 Å². The molecule has 2 aromatic rings. The number of rotatable bonds is 3. The minimum absolute atomic E-state index is 0.0283. The van der Waals surface area contributed by atoms with Crippen molar-refractivity contribution in [1.82, 2.24) is 0 Å². The quantitative estimate of drug-likeness (QED) is 0.312. The summed E-state index contributed by atoms with van der Waals surface area (Å²) in [4.78, 5) is 26.2. The van der Waals surface area contributed by atoms with Crippen molar-refractivity contribution in [3.05, 3.63) is 52.1 Å². The first-order valence-electron chi connectivity index (χ1n) is 9.41. The molecule has 2 aromatic carbocycles. The summed E-state index contributed by atoms with van der Waals surface area (Å²) >= 11 is 0. The number of carbonyl (C=O) groups is 2. The molecule has 2 aliphatic rings. The summed E-state index contributed by atoms with van der Waals surface area (Å²) in [6.45, 7) is 0.949. The number of aliphatic hydroxyl groups is 4. The highest BCUT2D eigenvalue weighted by Gasteiger charge is 2.45. The van der Waals surface area contributed by atoms with Crippen LogP contribution in [0.15, 0.2) is 24.3 Å². The molecule has 0 aromatic heterocycles. The second-order valence-corrected chi connectivity index (χ2v) is 7.55. The molecule has 31 heavy (non-hydrogen) atoms. The highest BCUT2D eigenvalue weighted by molar-refractivity contribution is 6.30. The van der Waals surface area contributed by atoms with Crippen molar-refractivity contribution in [2.45, 2.75) is 37.6 Å². The van der Waals surface area contributed by atoms with Gasteiger partial charge >= 0.3 is 0 Å². The van der Waals surface area contributed by atoms with E-state index in [1.54, 1.807) is 6.92 Å². The molecule has 6 N–H and O–H groups in total. The van der Waals surface area contributed by atoms with Gasteiger partial charge in [-0.05, 0) is 30.7 Å². The number of ketones is 2. The molecule has 0 spiro atoms. The Morgan fingerprint density at radius 1 is 0.903 bits per heavy atom. The molecule has 4 rings (SSSR count). The third kappa shape index (κ3) is 3.34. The second kappa shape index (κ2) is 7.59. The maximum atomic E-state index is 13.2. The van der Waals surface area contributed by atoms with Gasteiger partial charge in [-0.15, -0.1) is 0 Å². The molecule has 0 bridgehead atoms. The predicted molar refractivity (Wildman–Crippen MR) is 102 cm³/mol. The molecule has 1 heterocycles. The third-order valence-electron chi connectivity index (χ3n) is 5.38. The van der Waals surface area contributed by atoms with Crippen molar-refractivity contribution in [2.75, 3.05) is 6.61 Å². The van der Waals surface area contributed by atoms with Crippen molar-refractivity contribution in [2.24, 2.45) is 0 Å². The summed E-state index contributed by atoms with van der Waals surface area (Å²) in [6.07, 6.45) is -8.02. The molecule has 0 saturated carbocycles. The average molecular weight is 432 g/mol. The van der Waals surface area contributed by atoms with Crippen LogP contribution in [0.25, 0.3) is 0 Å².